The maximum absolute atomic E-state index is 5.59. The van der Waals surface area contributed by atoms with Crippen molar-refractivity contribution in [3.05, 3.63) is 12.4 Å². The van der Waals surface area contributed by atoms with Crippen molar-refractivity contribution in [1.29, 1.82) is 0 Å². The molecule has 2 rings (SSSR count). The molecule has 0 amide bonds. The normalized spacial score (nSPS) is 21.2. The summed E-state index contributed by atoms with van der Waals surface area (Å²) in [4.78, 5) is 8.06. The van der Waals surface area contributed by atoms with E-state index in [1.807, 2.05) is 0 Å². The topological polar surface area (TPSA) is 73.1 Å². The van der Waals surface area contributed by atoms with Gasteiger partial charge in [-0.3, -0.25) is 0 Å². The minimum Gasteiger partial charge on any atom is -0.382 e. The molecule has 1 unspecified atom stereocenters. The smallest absolute Gasteiger partial charge is 0.144 e. The van der Waals surface area contributed by atoms with E-state index in [0.29, 0.717) is 11.9 Å². The van der Waals surface area contributed by atoms with Crippen molar-refractivity contribution in [1.82, 2.24) is 9.97 Å². The first kappa shape index (κ1) is 10.2. The number of nitrogen functional groups attached to an aromatic ring is 1. The van der Waals surface area contributed by atoms with Crippen LogP contribution in [-0.4, -0.2) is 29.2 Å². The van der Waals surface area contributed by atoms with E-state index in [9.17, 15) is 0 Å². The largest absolute Gasteiger partial charge is 0.382 e. The van der Waals surface area contributed by atoms with Gasteiger partial charge in [-0.05, 0) is 19.3 Å². The SMILES string of the molecule is Nc1cnc(NCC2CCCCO2)cn1. The molecule has 1 aliphatic rings. The predicted molar refractivity (Wildman–Crippen MR) is 58.5 cm³/mol. The summed E-state index contributed by atoms with van der Waals surface area (Å²) in [6, 6.07) is 0. The summed E-state index contributed by atoms with van der Waals surface area (Å²) in [6.07, 6.45) is 7.04. The van der Waals surface area contributed by atoms with E-state index < -0.39 is 0 Å². The monoisotopic (exact) mass is 208 g/mol. The Balaban J connectivity index is 1.79. The third kappa shape index (κ3) is 3.06. The Hall–Kier alpha value is -1.36. The van der Waals surface area contributed by atoms with Crippen molar-refractivity contribution in [2.75, 3.05) is 24.2 Å². The summed E-state index contributed by atoms with van der Waals surface area (Å²) in [6.45, 7) is 1.67. The Morgan fingerprint density at radius 1 is 1.40 bits per heavy atom. The molecule has 0 spiro atoms. The molecule has 0 bridgehead atoms. The number of ether oxygens (including phenoxy) is 1. The fourth-order valence-corrected chi connectivity index (χ4v) is 1.62. The van der Waals surface area contributed by atoms with Crippen LogP contribution >= 0.6 is 0 Å². The van der Waals surface area contributed by atoms with Crippen molar-refractivity contribution >= 4 is 11.6 Å². The number of hydrogen-bond donors (Lipinski definition) is 2. The number of anilines is 2. The van der Waals surface area contributed by atoms with Crippen LogP contribution in [0.2, 0.25) is 0 Å². The van der Waals surface area contributed by atoms with Crippen LogP contribution in [0.5, 0.6) is 0 Å². The number of nitrogens with two attached hydrogens (primary N) is 1. The zero-order chi connectivity index (χ0) is 10.5. The lowest BCUT2D eigenvalue weighted by atomic mass is 10.1. The highest BCUT2D eigenvalue weighted by atomic mass is 16.5. The predicted octanol–water partition coefficient (Wildman–Crippen LogP) is 1.04. The second-order valence-corrected chi connectivity index (χ2v) is 3.70. The van der Waals surface area contributed by atoms with Crippen molar-refractivity contribution in [3.8, 4) is 0 Å². The van der Waals surface area contributed by atoms with Gasteiger partial charge in [0.1, 0.15) is 11.6 Å². The number of nitrogens with zero attached hydrogens (tertiary/aromatic N) is 2. The summed E-state index contributed by atoms with van der Waals surface area (Å²) in [7, 11) is 0. The molecule has 1 saturated heterocycles. The minimum absolute atomic E-state index is 0.304. The molecule has 1 atom stereocenters. The van der Waals surface area contributed by atoms with Crippen molar-refractivity contribution < 1.29 is 4.74 Å². The number of nitrogens with one attached hydrogen (secondary N) is 1. The molecule has 1 aliphatic heterocycles. The summed E-state index contributed by atoms with van der Waals surface area (Å²) in [5.41, 5.74) is 5.44. The van der Waals surface area contributed by atoms with Gasteiger partial charge in [0, 0.05) is 13.2 Å². The van der Waals surface area contributed by atoms with E-state index >= 15 is 0 Å². The highest BCUT2D eigenvalue weighted by molar-refractivity contribution is 5.35. The van der Waals surface area contributed by atoms with Gasteiger partial charge in [-0.15, -0.1) is 0 Å². The van der Waals surface area contributed by atoms with E-state index in [4.69, 9.17) is 10.5 Å². The van der Waals surface area contributed by atoms with Gasteiger partial charge in [-0.25, -0.2) is 9.97 Å². The quantitative estimate of drug-likeness (QED) is 0.776. The van der Waals surface area contributed by atoms with Gasteiger partial charge in [-0.2, -0.15) is 0 Å². The third-order valence-electron chi connectivity index (χ3n) is 2.46. The molecular formula is C10H16N4O. The molecular weight excluding hydrogens is 192 g/mol. The molecule has 2 heterocycles. The molecule has 82 valence electrons. The van der Waals surface area contributed by atoms with E-state index in [1.165, 1.54) is 12.8 Å². The Labute approximate surface area is 89.1 Å². The summed E-state index contributed by atoms with van der Waals surface area (Å²) < 4.78 is 5.59. The van der Waals surface area contributed by atoms with Crippen molar-refractivity contribution in [2.24, 2.45) is 0 Å². The van der Waals surface area contributed by atoms with E-state index in [0.717, 1.165) is 25.4 Å². The molecule has 0 radical (unpaired) electrons. The Morgan fingerprint density at radius 3 is 3.00 bits per heavy atom. The minimum atomic E-state index is 0.304. The Morgan fingerprint density at radius 2 is 2.33 bits per heavy atom. The van der Waals surface area contributed by atoms with E-state index in [2.05, 4.69) is 15.3 Å². The Bertz CT molecular complexity index is 295. The maximum Gasteiger partial charge on any atom is 0.144 e. The lowest BCUT2D eigenvalue weighted by Gasteiger charge is -2.22. The lowest BCUT2D eigenvalue weighted by molar-refractivity contribution is 0.0247. The average molecular weight is 208 g/mol. The van der Waals surface area contributed by atoms with Crippen LogP contribution in [0.15, 0.2) is 12.4 Å². The van der Waals surface area contributed by atoms with Gasteiger partial charge in [-0.1, -0.05) is 0 Å². The van der Waals surface area contributed by atoms with Gasteiger partial charge < -0.3 is 15.8 Å². The van der Waals surface area contributed by atoms with Crippen LogP contribution in [0.3, 0.4) is 0 Å². The van der Waals surface area contributed by atoms with Crippen LogP contribution in [0.4, 0.5) is 11.6 Å². The molecule has 5 heteroatoms. The van der Waals surface area contributed by atoms with Crippen molar-refractivity contribution in [3.63, 3.8) is 0 Å². The van der Waals surface area contributed by atoms with Crippen molar-refractivity contribution in [2.45, 2.75) is 25.4 Å². The second kappa shape index (κ2) is 4.93. The molecule has 15 heavy (non-hydrogen) atoms. The first-order chi connectivity index (χ1) is 7.34. The van der Waals surface area contributed by atoms with E-state index in [-0.39, 0.29) is 0 Å². The van der Waals surface area contributed by atoms with Crippen LogP contribution in [-0.2, 0) is 4.74 Å². The average Bonchev–Trinajstić information content (AvgIpc) is 2.30. The van der Waals surface area contributed by atoms with Gasteiger partial charge in [0.25, 0.3) is 0 Å². The van der Waals surface area contributed by atoms with Crippen LogP contribution in [0.1, 0.15) is 19.3 Å². The molecule has 1 fully saturated rings. The molecule has 0 aliphatic carbocycles. The van der Waals surface area contributed by atoms with Crippen LogP contribution in [0.25, 0.3) is 0 Å². The maximum atomic E-state index is 5.59. The summed E-state index contributed by atoms with van der Waals surface area (Å²) in [5.74, 6) is 1.19. The second-order valence-electron chi connectivity index (χ2n) is 3.70. The van der Waals surface area contributed by atoms with E-state index in [1.54, 1.807) is 12.4 Å². The first-order valence-electron chi connectivity index (χ1n) is 5.27. The number of hydrogen-bond acceptors (Lipinski definition) is 5. The fraction of sp³-hybridized carbons (Fsp3) is 0.600. The standard InChI is InChI=1S/C10H16N4O/c11-9-6-14-10(7-12-9)13-5-8-3-1-2-4-15-8/h6-8H,1-5H2,(H2,11,12)(H,13,14). The molecule has 1 aromatic rings. The lowest BCUT2D eigenvalue weighted by Crippen LogP contribution is -2.27. The zero-order valence-corrected chi connectivity index (χ0v) is 8.65. The fourth-order valence-electron chi connectivity index (χ4n) is 1.62. The summed E-state index contributed by atoms with van der Waals surface area (Å²) >= 11 is 0. The highest BCUT2D eigenvalue weighted by Crippen LogP contribution is 2.13. The first-order valence-corrected chi connectivity index (χ1v) is 5.27. The number of aromatic nitrogens is 2. The Kier molecular flexibility index (Phi) is 3.34. The third-order valence-corrected chi connectivity index (χ3v) is 2.46. The molecule has 1 aromatic heterocycles. The van der Waals surface area contributed by atoms with Crippen LogP contribution in [0, 0.1) is 0 Å². The highest BCUT2D eigenvalue weighted by Gasteiger charge is 2.13. The van der Waals surface area contributed by atoms with Gasteiger partial charge in [0.2, 0.25) is 0 Å². The van der Waals surface area contributed by atoms with Gasteiger partial charge in [0.15, 0.2) is 0 Å². The molecule has 3 N–H and O–H groups in total. The molecule has 5 nitrogen and oxygen atoms in total. The van der Waals surface area contributed by atoms with Gasteiger partial charge in [0.05, 0.1) is 18.5 Å². The number of rotatable bonds is 3. The van der Waals surface area contributed by atoms with Gasteiger partial charge >= 0.3 is 0 Å². The summed E-state index contributed by atoms with van der Waals surface area (Å²) in [5, 5.41) is 3.19. The zero-order valence-electron chi connectivity index (χ0n) is 8.65. The molecule has 0 saturated carbocycles. The van der Waals surface area contributed by atoms with Crippen LogP contribution < -0.4 is 11.1 Å². The molecule has 0 aromatic carbocycles.